The SMILES string of the molecule is COc1c(-c2ncc(Cl)nc2N)c2ccccc2c2ccccc12. The Bertz CT molecular complexity index is 1080. The molecule has 5 heteroatoms. The maximum atomic E-state index is 6.10. The monoisotopic (exact) mass is 335 g/mol. The first kappa shape index (κ1) is 14.7. The molecule has 0 fully saturated rings. The Morgan fingerprint density at radius 3 is 2.12 bits per heavy atom. The number of nitrogens with two attached hydrogens (primary N) is 1. The second-order valence-corrected chi connectivity index (χ2v) is 5.81. The number of halogens is 1. The molecule has 0 bridgehead atoms. The van der Waals surface area contributed by atoms with Crippen LogP contribution in [0.15, 0.2) is 54.7 Å². The summed E-state index contributed by atoms with van der Waals surface area (Å²) in [5, 5.41) is 4.51. The molecule has 4 rings (SSSR count). The van der Waals surface area contributed by atoms with Crippen LogP contribution in [0.1, 0.15) is 0 Å². The van der Waals surface area contributed by atoms with Crippen LogP contribution in [-0.2, 0) is 0 Å². The predicted octanol–water partition coefficient (Wildman–Crippen LogP) is 4.69. The van der Waals surface area contributed by atoms with Gasteiger partial charge in [-0.1, -0.05) is 60.1 Å². The average Bonchev–Trinajstić information content (AvgIpc) is 2.61. The Hall–Kier alpha value is -2.85. The van der Waals surface area contributed by atoms with Gasteiger partial charge in [-0.25, -0.2) is 9.97 Å². The van der Waals surface area contributed by atoms with Crippen molar-refractivity contribution in [3.05, 3.63) is 59.9 Å². The normalized spacial score (nSPS) is 11.1. The van der Waals surface area contributed by atoms with E-state index < -0.39 is 0 Å². The van der Waals surface area contributed by atoms with E-state index in [2.05, 4.69) is 22.1 Å². The summed E-state index contributed by atoms with van der Waals surface area (Å²) in [6.45, 7) is 0. The van der Waals surface area contributed by atoms with Crippen LogP contribution in [0.4, 0.5) is 5.82 Å². The molecule has 4 aromatic rings. The summed E-state index contributed by atoms with van der Waals surface area (Å²) >= 11 is 5.91. The number of ether oxygens (including phenoxy) is 1. The average molecular weight is 336 g/mol. The number of aromatic nitrogens is 2. The molecule has 0 saturated carbocycles. The van der Waals surface area contributed by atoms with E-state index in [1.165, 1.54) is 6.20 Å². The lowest BCUT2D eigenvalue weighted by Gasteiger charge is -2.16. The van der Waals surface area contributed by atoms with E-state index in [1.54, 1.807) is 7.11 Å². The highest BCUT2D eigenvalue weighted by Gasteiger charge is 2.19. The Morgan fingerprint density at radius 2 is 1.50 bits per heavy atom. The Kier molecular flexibility index (Phi) is 3.47. The molecule has 0 saturated heterocycles. The van der Waals surface area contributed by atoms with E-state index in [0.29, 0.717) is 5.69 Å². The van der Waals surface area contributed by atoms with E-state index >= 15 is 0 Å². The van der Waals surface area contributed by atoms with Gasteiger partial charge in [0.2, 0.25) is 0 Å². The highest BCUT2D eigenvalue weighted by atomic mass is 35.5. The first-order chi connectivity index (χ1) is 11.7. The van der Waals surface area contributed by atoms with E-state index in [9.17, 15) is 0 Å². The minimum Gasteiger partial charge on any atom is -0.495 e. The molecule has 0 atom stereocenters. The summed E-state index contributed by atoms with van der Waals surface area (Å²) in [6.07, 6.45) is 1.50. The lowest BCUT2D eigenvalue weighted by Crippen LogP contribution is -2.00. The number of hydrogen-bond donors (Lipinski definition) is 1. The van der Waals surface area contributed by atoms with Gasteiger partial charge < -0.3 is 10.5 Å². The molecule has 0 aliphatic rings. The molecular formula is C19H14ClN3O. The van der Waals surface area contributed by atoms with Gasteiger partial charge >= 0.3 is 0 Å². The number of hydrogen-bond acceptors (Lipinski definition) is 4. The third-order valence-electron chi connectivity index (χ3n) is 4.10. The van der Waals surface area contributed by atoms with Gasteiger partial charge in [0.25, 0.3) is 0 Å². The van der Waals surface area contributed by atoms with Crippen molar-refractivity contribution in [2.75, 3.05) is 12.8 Å². The number of nitrogens with zero attached hydrogens (tertiary/aromatic N) is 2. The van der Waals surface area contributed by atoms with Crippen LogP contribution >= 0.6 is 11.6 Å². The lowest BCUT2D eigenvalue weighted by molar-refractivity contribution is 0.421. The number of methoxy groups -OCH3 is 1. The third kappa shape index (κ3) is 2.15. The lowest BCUT2D eigenvalue weighted by atomic mass is 9.94. The van der Waals surface area contributed by atoms with Gasteiger partial charge in [0, 0.05) is 5.39 Å². The quantitative estimate of drug-likeness (QED) is 0.540. The van der Waals surface area contributed by atoms with Crippen molar-refractivity contribution in [2.24, 2.45) is 0 Å². The molecule has 3 aromatic carbocycles. The molecule has 1 heterocycles. The Balaban J connectivity index is 2.24. The Labute approximate surface area is 143 Å². The first-order valence-corrected chi connectivity index (χ1v) is 7.84. The van der Waals surface area contributed by atoms with Crippen LogP contribution in [0.25, 0.3) is 32.8 Å². The summed E-state index contributed by atoms with van der Waals surface area (Å²) < 4.78 is 5.75. The van der Waals surface area contributed by atoms with E-state index in [1.807, 2.05) is 36.4 Å². The summed E-state index contributed by atoms with van der Waals surface area (Å²) in [7, 11) is 1.65. The second-order valence-electron chi connectivity index (χ2n) is 5.43. The van der Waals surface area contributed by atoms with Crippen molar-refractivity contribution in [1.29, 1.82) is 0 Å². The minimum absolute atomic E-state index is 0.264. The van der Waals surface area contributed by atoms with Gasteiger partial charge in [-0.3, -0.25) is 0 Å². The predicted molar refractivity (Wildman–Crippen MR) is 98.5 cm³/mol. The van der Waals surface area contributed by atoms with Gasteiger partial charge in [0.15, 0.2) is 5.82 Å². The van der Waals surface area contributed by atoms with Gasteiger partial charge in [-0.2, -0.15) is 0 Å². The molecular weight excluding hydrogens is 322 g/mol. The molecule has 0 radical (unpaired) electrons. The number of benzene rings is 3. The number of fused-ring (bicyclic) bond motifs is 3. The zero-order chi connectivity index (χ0) is 16.7. The standard InChI is InChI=1S/C19H14ClN3O/c1-24-18-14-9-5-3-7-12(14)11-6-2-4-8-13(11)16(18)17-19(21)23-15(20)10-22-17/h2-10H,1H3,(H2,21,23). The molecule has 2 N–H and O–H groups in total. The second kappa shape index (κ2) is 5.65. The first-order valence-electron chi connectivity index (χ1n) is 7.46. The van der Waals surface area contributed by atoms with Crippen LogP contribution in [0.5, 0.6) is 5.75 Å². The van der Waals surface area contributed by atoms with Crippen molar-refractivity contribution in [2.45, 2.75) is 0 Å². The maximum Gasteiger partial charge on any atom is 0.151 e. The zero-order valence-corrected chi connectivity index (χ0v) is 13.7. The van der Waals surface area contributed by atoms with Crippen molar-refractivity contribution in [1.82, 2.24) is 9.97 Å². The van der Waals surface area contributed by atoms with Crippen LogP contribution in [0.2, 0.25) is 5.15 Å². The molecule has 0 unspecified atom stereocenters. The zero-order valence-electron chi connectivity index (χ0n) is 13.0. The fraction of sp³-hybridized carbons (Fsp3) is 0.0526. The van der Waals surface area contributed by atoms with E-state index in [-0.39, 0.29) is 11.0 Å². The van der Waals surface area contributed by atoms with Crippen LogP contribution in [-0.4, -0.2) is 17.1 Å². The fourth-order valence-corrected chi connectivity index (χ4v) is 3.27. The highest BCUT2D eigenvalue weighted by molar-refractivity contribution is 6.29. The molecule has 118 valence electrons. The topological polar surface area (TPSA) is 61.0 Å². The third-order valence-corrected chi connectivity index (χ3v) is 4.28. The number of nitrogen functional groups attached to an aromatic ring is 1. The van der Waals surface area contributed by atoms with Crippen LogP contribution in [0.3, 0.4) is 0 Å². The van der Waals surface area contributed by atoms with Crippen molar-refractivity contribution in [3.8, 4) is 17.0 Å². The summed E-state index contributed by atoms with van der Waals surface area (Å²) in [4.78, 5) is 8.55. The molecule has 0 amide bonds. The largest absolute Gasteiger partial charge is 0.495 e. The fourth-order valence-electron chi connectivity index (χ4n) is 3.13. The van der Waals surface area contributed by atoms with Crippen molar-refractivity contribution < 1.29 is 4.74 Å². The van der Waals surface area contributed by atoms with Gasteiger partial charge in [-0.05, 0) is 16.2 Å². The molecule has 0 aliphatic carbocycles. The molecule has 24 heavy (non-hydrogen) atoms. The molecule has 1 aromatic heterocycles. The van der Waals surface area contributed by atoms with Crippen LogP contribution < -0.4 is 10.5 Å². The highest BCUT2D eigenvalue weighted by Crippen LogP contribution is 2.44. The molecule has 0 aliphatic heterocycles. The number of anilines is 1. The van der Waals surface area contributed by atoms with Gasteiger partial charge in [-0.15, -0.1) is 0 Å². The molecule has 4 nitrogen and oxygen atoms in total. The minimum atomic E-state index is 0.264. The number of rotatable bonds is 2. The van der Waals surface area contributed by atoms with E-state index in [4.69, 9.17) is 22.1 Å². The summed E-state index contributed by atoms with van der Waals surface area (Å²) in [5.74, 6) is 1.01. The molecule has 0 spiro atoms. The smallest absolute Gasteiger partial charge is 0.151 e. The van der Waals surface area contributed by atoms with Gasteiger partial charge in [0.1, 0.15) is 16.6 Å². The van der Waals surface area contributed by atoms with Crippen molar-refractivity contribution >= 4 is 39.0 Å². The van der Waals surface area contributed by atoms with Gasteiger partial charge in [0.05, 0.1) is 18.9 Å². The summed E-state index contributed by atoms with van der Waals surface area (Å²) in [6, 6.07) is 16.2. The van der Waals surface area contributed by atoms with E-state index in [0.717, 1.165) is 32.9 Å². The summed E-state index contributed by atoms with van der Waals surface area (Å²) in [5.41, 5.74) is 7.49. The maximum absolute atomic E-state index is 6.10. The van der Waals surface area contributed by atoms with Crippen molar-refractivity contribution in [3.63, 3.8) is 0 Å². The Morgan fingerprint density at radius 1 is 0.917 bits per heavy atom. The van der Waals surface area contributed by atoms with Crippen LogP contribution in [0, 0.1) is 0 Å².